The monoisotopic (exact) mass is 302 g/mol. The zero-order valence-electron chi connectivity index (χ0n) is 12.5. The van der Waals surface area contributed by atoms with Crippen LogP contribution >= 0.6 is 0 Å². The summed E-state index contributed by atoms with van der Waals surface area (Å²) in [4.78, 5) is 12.1. The van der Waals surface area contributed by atoms with Crippen molar-refractivity contribution in [1.82, 2.24) is 0 Å². The predicted octanol–water partition coefficient (Wildman–Crippen LogP) is 0.370. The molecule has 2 rings (SSSR count). The molecule has 2 aliphatic rings. The third kappa shape index (κ3) is 4.02. The Balaban J connectivity index is 1.81. The van der Waals surface area contributed by atoms with Crippen molar-refractivity contribution in [2.75, 3.05) is 7.11 Å². The average molecular weight is 302 g/mol. The van der Waals surface area contributed by atoms with Crippen LogP contribution < -0.4 is 0 Å². The minimum absolute atomic E-state index is 0.284. The van der Waals surface area contributed by atoms with E-state index >= 15 is 0 Å². The third-order valence-corrected chi connectivity index (χ3v) is 4.65. The van der Waals surface area contributed by atoms with Gasteiger partial charge in [-0.15, -0.1) is 0 Å². The Labute approximate surface area is 125 Å². The van der Waals surface area contributed by atoms with Gasteiger partial charge in [0.25, 0.3) is 0 Å². The van der Waals surface area contributed by atoms with Crippen LogP contribution in [0.4, 0.5) is 0 Å². The molecule has 21 heavy (non-hydrogen) atoms. The summed E-state index contributed by atoms with van der Waals surface area (Å²) in [7, 11) is 1.33. The number of ketones is 1. The molecule has 0 aromatic heterocycles. The van der Waals surface area contributed by atoms with Gasteiger partial charge in [0.1, 0.15) is 24.4 Å². The molecule has 3 N–H and O–H groups in total. The number of Topliss-reactive ketones (excluding diaryl/α,β-unsaturated/α-hetero) is 1. The number of carbonyl (C=O) groups excluding carboxylic acids is 1. The molecule has 5 atom stereocenters. The Morgan fingerprint density at radius 1 is 1.24 bits per heavy atom. The van der Waals surface area contributed by atoms with Gasteiger partial charge in [-0.05, 0) is 12.3 Å². The van der Waals surface area contributed by atoms with E-state index in [-0.39, 0.29) is 12.2 Å². The minimum Gasteiger partial charge on any atom is -0.387 e. The van der Waals surface area contributed by atoms with Gasteiger partial charge in [-0.1, -0.05) is 32.1 Å². The van der Waals surface area contributed by atoms with E-state index in [2.05, 4.69) is 0 Å². The number of hydrogen-bond donors (Lipinski definition) is 3. The summed E-state index contributed by atoms with van der Waals surface area (Å²) in [6, 6.07) is 0. The largest absolute Gasteiger partial charge is 0.387 e. The van der Waals surface area contributed by atoms with Crippen molar-refractivity contribution in [1.29, 1.82) is 0 Å². The van der Waals surface area contributed by atoms with Crippen LogP contribution in [0, 0.1) is 5.92 Å². The molecule has 0 amide bonds. The fourth-order valence-corrected chi connectivity index (χ4v) is 3.28. The van der Waals surface area contributed by atoms with Crippen LogP contribution in [0.5, 0.6) is 0 Å². The first-order valence-electron chi connectivity index (χ1n) is 7.79. The Bertz CT molecular complexity index is 341. The standard InChI is InChI=1S/C15H26O6/c1-20-15-13(19)12(18)14(21-15)11(17)10(16)8-7-9-5-3-2-4-6-9/h9,11-15,17-19H,2-8H2,1H3/t11?,12-,13+,14+,15-/m0/s1. The maximum Gasteiger partial charge on any atom is 0.186 e. The highest BCUT2D eigenvalue weighted by Gasteiger charge is 2.47. The molecule has 0 bridgehead atoms. The highest BCUT2D eigenvalue weighted by Crippen LogP contribution is 2.29. The van der Waals surface area contributed by atoms with Crippen molar-refractivity contribution in [3.05, 3.63) is 0 Å². The molecule has 1 aliphatic carbocycles. The van der Waals surface area contributed by atoms with Crippen LogP contribution in [0.2, 0.25) is 0 Å². The van der Waals surface area contributed by atoms with Gasteiger partial charge in [-0.3, -0.25) is 4.79 Å². The lowest BCUT2D eigenvalue weighted by Crippen LogP contribution is -2.43. The van der Waals surface area contributed by atoms with Crippen molar-refractivity contribution in [2.45, 2.75) is 75.7 Å². The molecular weight excluding hydrogens is 276 g/mol. The van der Waals surface area contributed by atoms with E-state index in [9.17, 15) is 20.1 Å². The topological polar surface area (TPSA) is 96.2 Å². The first-order valence-corrected chi connectivity index (χ1v) is 7.79. The molecule has 0 aromatic rings. The lowest BCUT2D eigenvalue weighted by Gasteiger charge is -2.23. The number of rotatable bonds is 6. The van der Waals surface area contributed by atoms with E-state index in [0.29, 0.717) is 5.92 Å². The summed E-state index contributed by atoms with van der Waals surface area (Å²) in [5, 5.41) is 29.5. The zero-order chi connectivity index (χ0) is 15.4. The van der Waals surface area contributed by atoms with Gasteiger partial charge in [-0.2, -0.15) is 0 Å². The number of hydrogen-bond acceptors (Lipinski definition) is 6. The zero-order valence-corrected chi connectivity index (χ0v) is 12.5. The molecule has 1 saturated heterocycles. The van der Waals surface area contributed by atoms with Gasteiger partial charge in [0, 0.05) is 13.5 Å². The van der Waals surface area contributed by atoms with E-state index < -0.39 is 30.7 Å². The summed E-state index contributed by atoms with van der Waals surface area (Å²) in [5.41, 5.74) is 0. The summed E-state index contributed by atoms with van der Waals surface area (Å²) < 4.78 is 10.1. The molecule has 0 aromatic carbocycles. The lowest BCUT2D eigenvalue weighted by molar-refractivity contribution is -0.168. The summed E-state index contributed by atoms with van der Waals surface area (Å²) in [5.74, 6) is 0.218. The molecule has 0 spiro atoms. The van der Waals surface area contributed by atoms with E-state index in [1.54, 1.807) is 0 Å². The third-order valence-electron chi connectivity index (χ3n) is 4.65. The Hall–Kier alpha value is -0.530. The Kier molecular flexibility index (Phi) is 6.13. The maximum atomic E-state index is 12.1. The summed E-state index contributed by atoms with van der Waals surface area (Å²) in [6.45, 7) is 0. The number of carbonyl (C=O) groups is 1. The van der Waals surface area contributed by atoms with Gasteiger partial charge in [0.15, 0.2) is 12.1 Å². The lowest BCUT2D eigenvalue weighted by atomic mass is 9.85. The summed E-state index contributed by atoms with van der Waals surface area (Å²) in [6.07, 6.45) is 0.943. The van der Waals surface area contributed by atoms with Gasteiger partial charge < -0.3 is 24.8 Å². The van der Waals surface area contributed by atoms with E-state index in [4.69, 9.17) is 9.47 Å². The van der Waals surface area contributed by atoms with E-state index in [0.717, 1.165) is 19.3 Å². The highest BCUT2D eigenvalue weighted by molar-refractivity contribution is 5.83. The fourth-order valence-electron chi connectivity index (χ4n) is 3.28. The van der Waals surface area contributed by atoms with Gasteiger partial charge in [0.2, 0.25) is 0 Å². The van der Waals surface area contributed by atoms with Crippen LogP contribution in [0.25, 0.3) is 0 Å². The number of ether oxygens (including phenoxy) is 2. The normalized spacial score (nSPS) is 35.8. The number of aliphatic hydroxyl groups is 3. The van der Waals surface area contributed by atoms with Crippen LogP contribution in [-0.2, 0) is 14.3 Å². The SMILES string of the molecule is CO[C@H]1O[C@H](C(O)C(=O)CCC2CCCCC2)[C@@H](O)[C@H]1O. The van der Waals surface area contributed by atoms with Gasteiger partial charge in [-0.25, -0.2) is 0 Å². The van der Waals surface area contributed by atoms with Crippen molar-refractivity contribution in [2.24, 2.45) is 5.92 Å². The Morgan fingerprint density at radius 2 is 1.90 bits per heavy atom. The second-order valence-electron chi connectivity index (χ2n) is 6.14. The van der Waals surface area contributed by atoms with E-state index in [1.807, 2.05) is 0 Å². The quantitative estimate of drug-likeness (QED) is 0.656. The fraction of sp³-hybridized carbons (Fsp3) is 0.933. The predicted molar refractivity (Wildman–Crippen MR) is 74.5 cm³/mol. The smallest absolute Gasteiger partial charge is 0.186 e. The van der Waals surface area contributed by atoms with Gasteiger partial charge in [0.05, 0.1) is 0 Å². The van der Waals surface area contributed by atoms with Crippen molar-refractivity contribution >= 4 is 5.78 Å². The van der Waals surface area contributed by atoms with Crippen LogP contribution in [0.15, 0.2) is 0 Å². The first kappa shape index (κ1) is 16.8. The molecule has 6 nitrogen and oxygen atoms in total. The first-order chi connectivity index (χ1) is 10.0. The summed E-state index contributed by atoms with van der Waals surface area (Å²) >= 11 is 0. The van der Waals surface area contributed by atoms with Crippen molar-refractivity contribution in [3.63, 3.8) is 0 Å². The second-order valence-corrected chi connectivity index (χ2v) is 6.14. The molecule has 0 radical (unpaired) electrons. The molecule has 2 fully saturated rings. The molecule has 6 heteroatoms. The molecule has 1 saturated carbocycles. The molecule has 122 valence electrons. The average Bonchev–Trinajstić information content (AvgIpc) is 2.80. The second kappa shape index (κ2) is 7.65. The van der Waals surface area contributed by atoms with Crippen LogP contribution in [-0.4, -0.2) is 58.9 Å². The Morgan fingerprint density at radius 3 is 2.48 bits per heavy atom. The van der Waals surface area contributed by atoms with Gasteiger partial charge >= 0.3 is 0 Å². The van der Waals surface area contributed by atoms with Crippen molar-refractivity contribution in [3.8, 4) is 0 Å². The molecule has 1 unspecified atom stereocenters. The highest BCUT2D eigenvalue weighted by atomic mass is 16.7. The molecule has 1 heterocycles. The van der Waals surface area contributed by atoms with Crippen LogP contribution in [0.1, 0.15) is 44.9 Å². The molecule has 1 aliphatic heterocycles. The minimum atomic E-state index is -1.42. The van der Waals surface area contributed by atoms with E-state index in [1.165, 1.54) is 26.4 Å². The van der Waals surface area contributed by atoms with Crippen molar-refractivity contribution < 1.29 is 29.6 Å². The number of methoxy groups -OCH3 is 1. The maximum absolute atomic E-state index is 12.1. The molecular formula is C15H26O6. The number of aliphatic hydroxyl groups excluding tert-OH is 3. The van der Waals surface area contributed by atoms with Crippen LogP contribution in [0.3, 0.4) is 0 Å².